The first-order valence-electron chi connectivity index (χ1n) is 12.8. The molecule has 2 heterocycles. The lowest BCUT2D eigenvalue weighted by Gasteiger charge is -2.14. The fourth-order valence-corrected chi connectivity index (χ4v) is 4.82. The molecule has 1 N–H and O–H groups in total. The van der Waals surface area contributed by atoms with Gasteiger partial charge >= 0.3 is 0 Å². The second-order valence-electron chi connectivity index (χ2n) is 9.63. The molecule has 0 saturated carbocycles. The lowest BCUT2D eigenvalue weighted by atomic mass is 10.00. The molecule has 0 saturated heterocycles. The third-order valence-corrected chi connectivity index (χ3v) is 6.96. The predicted octanol–water partition coefficient (Wildman–Crippen LogP) is 6.79. The van der Waals surface area contributed by atoms with Gasteiger partial charge in [-0.3, -0.25) is 9.36 Å². The summed E-state index contributed by atoms with van der Waals surface area (Å²) in [6.45, 7) is 3.30. The average molecular weight is 542 g/mol. The van der Waals surface area contributed by atoms with Gasteiger partial charge in [0.25, 0.3) is 5.56 Å². The Labute approximate surface area is 231 Å². The van der Waals surface area contributed by atoms with Crippen molar-refractivity contribution in [2.45, 2.75) is 19.9 Å². The van der Waals surface area contributed by atoms with Crippen LogP contribution < -0.4 is 10.9 Å². The van der Waals surface area contributed by atoms with E-state index in [4.69, 9.17) is 11.6 Å². The van der Waals surface area contributed by atoms with Gasteiger partial charge in [-0.1, -0.05) is 54.1 Å². The van der Waals surface area contributed by atoms with Gasteiger partial charge in [-0.15, -0.1) is 0 Å². The first-order chi connectivity index (χ1) is 18.8. The van der Waals surface area contributed by atoms with E-state index in [0.717, 1.165) is 18.7 Å². The van der Waals surface area contributed by atoms with Crippen LogP contribution in [0.3, 0.4) is 0 Å². The standard InChI is InChI=1S/C31H29ClFN5O/c1-4-38-29-22(19-34-31(36-29)35-23-12-9-20(10-13-23)15-16-37(2)3)17-26(30(38)39)25-14-11-21(18-27(25)32)24-7-5-6-8-28(24)33/h5-14,17-19H,4,15-16H2,1-3H3,(H,34,35,36). The maximum Gasteiger partial charge on any atom is 0.260 e. The summed E-state index contributed by atoms with van der Waals surface area (Å²) in [7, 11) is 4.12. The smallest absolute Gasteiger partial charge is 0.260 e. The van der Waals surface area contributed by atoms with Crippen LogP contribution in [0.5, 0.6) is 0 Å². The zero-order chi connectivity index (χ0) is 27.5. The molecule has 198 valence electrons. The van der Waals surface area contributed by atoms with E-state index in [2.05, 4.69) is 46.4 Å². The summed E-state index contributed by atoms with van der Waals surface area (Å²) in [6.07, 6.45) is 2.67. The van der Waals surface area contributed by atoms with E-state index < -0.39 is 0 Å². The van der Waals surface area contributed by atoms with Crippen molar-refractivity contribution in [2.75, 3.05) is 26.0 Å². The Morgan fingerprint density at radius 2 is 1.74 bits per heavy atom. The van der Waals surface area contributed by atoms with E-state index in [1.807, 2.05) is 19.1 Å². The van der Waals surface area contributed by atoms with Crippen LogP contribution in [0.25, 0.3) is 33.3 Å². The Hall–Kier alpha value is -4.07. The number of pyridine rings is 1. The van der Waals surface area contributed by atoms with Crippen molar-refractivity contribution in [3.63, 3.8) is 0 Å². The minimum Gasteiger partial charge on any atom is -0.324 e. The first kappa shape index (κ1) is 26.5. The van der Waals surface area contributed by atoms with E-state index in [-0.39, 0.29) is 11.4 Å². The van der Waals surface area contributed by atoms with E-state index in [0.29, 0.717) is 50.8 Å². The highest BCUT2D eigenvalue weighted by molar-refractivity contribution is 6.33. The van der Waals surface area contributed by atoms with Crippen LogP contribution in [0.1, 0.15) is 12.5 Å². The normalized spacial score (nSPS) is 11.3. The van der Waals surface area contributed by atoms with Gasteiger partial charge < -0.3 is 10.2 Å². The minimum atomic E-state index is -0.331. The molecule has 0 amide bonds. The number of fused-ring (bicyclic) bond motifs is 1. The van der Waals surface area contributed by atoms with Gasteiger partial charge in [-0.2, -0.15) is 4.98 Å². The molecule has 0 spiro atoms. The highest BCUT2D eigenvalue weighted by Crippen LogP contribution is 2.33. The molecule has 0 bridgehead atoms. The minimum absolute atomic E-state index is 0.208. The second-order valence-corrected chi connectivity index (χ2v) is 10.0. The zero-order valence-corrected chi connectivity index (χ0v) is 22.8. The van der Waals surface area contributed by atoms with Gasteiger partial charge in [-0.25, -0.2) is 9.37 Å². The summed E-state index contributed by atoms with van der Waals surface area (Å²) >= 11 is 6.63. The molecule has 0 aliphatic carbocycles. The Morgan fingerprint density at radius 1 is 0.974 bits per heavy atom. The Balaban J connectivity index is 1.47. The summed E-state index contributed by atoms with van der Waals surface area (Å²) in [5.74, 6) is 0.0763. The van der Waals surface area contributed by atoms with Gasteiger partial charge in [0, 0.05) is 52.1 Å². The van der Waals surface area contributed by atoms with E-state index in [1.165, 1.54) is 11.6 Å². The predicted molar refractivity (Wildman–Crippen MR) is 157 cm³/mol. The Bertz CT molecular complexity index is 1700. The first-order valence-corrected chi connectivity index (χ1v) is 13.2. The lowest BCUT2D eigenvalue weighted by molar-refractivity contribution is 0.413. The molecule has 39 heavy (non-hydrogen) atoms. The number of anilines is 2. The lowest BCUT2D eigenvalue weighted by Crippen LogP contribution is -2.22. The number of aryl methyl sites for hydroxylation is 1. The van der Waals surface area contributed by atoms with Crippen LogP contribution >= 0.6 is 11.6 Å². The van der Waals surface area contributed by atoms with Crippen LogP contribution in [-0.4, -0.2) is 40.1 Å². The summed E-state index contributed by atoms with van der Waals surface area (Å²) in [4.78, 5) is 24.9. The van der Waals surface area contributed by atoms with Gasteiger partial charge in [0.2, 0.25) is 5.95 Å². The number of nitrogens with one attached hydrogen (secondary N) is 1. The maximum absolute atomic E-state index is 14.3. The molecular formula is C31H29ClFN5O. The fourth-order valence-electron chi connectivity index (χ4n) is 4.54. The van der Waals surface area contributed by atoms with Crippen molar-refractivity contribution in [1.29, 1.82) is 0 Å². The van der Waals surface area contributed by atoms with Crippen molar-refractivity contribution in [3.8, 4) is 22.3 Å². The number of hydrogen-bond donors (Lipinski definition) is 1. The molecule has 0 aliphatic heterocycles. The second kappa shape index (κ2) is 11.4. The van der Waals surface area contributed by atoms with Crippen LogP contribution in [0.4, 0.5) is 16.0 Å². The SMILES string of the molecule is CCn1c(=O)c(-c2ccc(-c3ccccc3F)cc2Cl)cc2cnc(Nc3ccc(CCN(C)C)cc3)nc21. The zero-order valence-electron chi connectivity index (χ0n) is 22.1. The van der Waals surface area contributed by atoms with Gasteiger partial charge in [0.1, 0.15) is 11.5 Å². The van der Waals surface area contributed by atoms with Crippen LogP contribution in [0, 0.1) is 5.82 Å². The number of benzene rings is 3. The summed E-state index contributed by atoms with van der Waals surface area (Å²) in [6, 6.07) is 21.7. The monoisotopic (exact) mass is 541 g/mol. The van der Waals surface area contributed by atoms with Crippen molar-refractivity contribution in [1.82, 2.24) is 19.4 Å². The molecule has 0 unspecified atom stereocenters. The van der Waals surface area contributed by atoms with Crippen molar-refractivity contribution in [2.24, 2.45) is 0 Å². The molecule has 0 radical (unpaired) electrons. The van der Waals surface area contributed by atoms with E-state index >= 15 is 0 Å². The van der Waals surface area contributed by atoms with Crippen LogP contribution in [0.2, 0.25) is 5.02 Å². The third-order valence-electron chi connectivity index (χ3n) is 6.65. The van der Waals surface area contributed by atoms with Crippen molar-refractivity contribution in [3.05, 3.63) is 106 Å². The molecule has 6 nitrogen and oxygen atoms in total. The molecule has 8 heteroatoms. The largest absolute Gasteiger partial charge is 0.324 e. The highest BCUT2D eigenvalue weighted by atomic mass is 35.5. The molecular weight excluding hydrogens is 513 g/mol. The van der Waals surface area contributed by atoms with Crippen molar-refractivity contribution < 1.29 is 4.39 Å². The molecule has 0 aliphatic rings. The van der Waals surface area contributed by atoms with Gasteiger partial charge in [-0.05, 0) is 68.9 Å². The number of rotatable bonds is 8. The van der Waals surface area contributed by atoms with Crippen LogP contribution in [0.15, 0.2) is 83.8 Å². The molecule has 0 fully saturated rings. The van der Waals surface area contributed by atoms with E-state index in [9.17, 15) is 9.18 Å². The van der Waals surface area contributed by atoms with Crippen molar-refractivity contribution >= 4 is 34.3 Å². The number of halogens is 2. The quantitative estimate of drug-likeness (QED) is 0.234. The number of hydrogen-bond acceptors (Lipinski definition) is 5. The topological polar surface area (TPSA) is 63.1 Å². The summed E-state index contributed by atoms with van der Waals surface area (Å²) < 4.78 is 15.9. The van der Waals surface area contributed by atoms with Gasteiger partial charge in [0.15, 0.2) is 0 Å². The number of aromatic nitrogens is 3. The van der Waals surface area contributed by atoms with Crippen LogP contribution in [-0.2, 0) is 13.0 Å². The highest BCUT2D eigenvalue weighted by Gasteiger charge is 2.16. The summed E-state index contributed by atoms with van der Waals surface area (Å²) in [5.41, 5.74) is 4.55. The Kier molecular flexibility index (Phi) is 7.72. The molecule has 5 aromatic rings. The number of likely N-dealkylation sites (N-methyl/N-ethyl adjacent to an activating group) is 1. The fraction of sp³-hybridized carbons (Fsp3) is 0.194. The summed E-state index contributed by atoms with van der Waals surface area (Å²) in [5, 5.41) is 4.32. The maximum atomic E-state index is 14.3. The molecule has 5 rings (SSSR count). The van der Waals surface area contributed by atoms with Gasteiger partial charge in [0.05, 0.1) is 0 Å². The third kappa shape index (κ3) is 5.70. The van der Waals surface area contributed by atoms with E-state index in [1.54, 1.807) is 53.2 Å². The molecule has 3 aromatic carbocycles. The average Bonchev–Trinajstić information content (AvgIpc) is 2.93. The molecule has 2 aromatic heterocycles. The number of nitrogens with zero attached hydrogens (tertiary/aromatic N) is 4. The molecule has 0 atom stereocenters. The Morgan fingerprint density at radius 3 is 2.44 bits per heavy atom.